The predicted molar refractivity (Wildman–Crippen MR) is 150 cm³/mol. The van der Waals surface area contributed by atoms with Crippen molar-refractivity contribution in [2.75, 3.05) is 17.4 Å². The van der Waals surface area contributed by atoms with Gasteiger partial charge in [0.2, 0.25) is 11.8 Å². The molecule has 0 aliphatic carbocycles. The minimum absolute atomic E-state index is 0.0441. The number of carbonyl (C=O) groups excluding carboxylic acids is 2. The van der Waals surface area contributed by atoms with Crippen molar-refractivity contribution in [1.82, 2.24) is 10.2 Å². The molecule has 0 aromatic heterocycles. The SMILES string of the molecule is CCNC(=O)C(C)N(Cc1cccc(Br)c1)C(=O)CN(c1cccc(C(F)(F)F)c1)S(=O)(=O)c1ccc(C)cc1. The number of alkyl halides is 3. The van der Waals surface area contributed by atoms with Crippen LogP contribution in [0.25, 0.3) is 0 Å². The molecule has 2 amide bonds. The van der Waals surface area contributed by atoms with E-state index in [1.807, 2.05) is 0 Å². The molecule has 0 bridgehead atoms. The van der Waals surface area contributed by atoms with E-state index in [9.17, 15) is 31.2 Å². The number of aryl methyl sites for hydroxylation is 1. The van der Waals surface area contributed by atoms with Gasteiger partial charge in [-0.05, 0) is 68.8 Å². The van der Waals surface area contributed by atoms with Gasteiger partial charge in [0.05, 0.1) is 16.1 Å². The highest BCUT2D eigenvalue weighted by atomic mass is 79.9. The molecule has 0 aliphatic heterocycles. The maximum absolute atomic E-state index is 13.8. The van der Waals surface area contributed by atoms with Crippen LogP contribution in [0.3, 0.4) is 0 Å². The molecule has 3 aromatic rings. The van der Waals surface area contributed by atoms with Gasteiger partial charge in [-0.2, -0.15) is 13.2 Å². The van der Waals surface area contributed by atoms with Crippen molar-refractivity contribution < 1.29 is 31.2 Å². The van der Waals surface area contributed by atoms with Crippen LogP contribution in [0.4, 0.5) is 18.9 Å². The van der Waals surface area contributed by atoms with Gasteiger partial charge in [0.15, 0.2) is 0 Å². The Kier molecular flexibility index (Phi) is 10.0. The molecule has 3 rings (SSSR count). The van der Waals surface area contributed by atoms with E-state index in [2.05, 4.69) is 21.2 Å². The van der Waals surface area contributed by atoms with Crippen molar-refractivity contribution in [2.24, 2.45) is 0 Å². The maximum atomic E-state index is 13.8. The molecule has 3 aromatic carbocycles. The molecule has 0 aliphatic rings. The van der Waals surface area contributed by atoms with E-state index in [0.717, 1.165) is 22.2 Å². The molecule has 0 spiro atoms. The molecule has 0 saturated carbocycles. The summed E-state index contributed by atoms with van der Waals surface area (Å²) in [6, 6.07) is 15.5. The van der Waals surface area contributed by atoms with Crippen LogP contribution >= 0.6 is 15.9 Å². The number of carbonyl (C=O) groups is 2. The molecule has 12 heteroatoms. The number of likely N-dealkylation sites (N-methyl/N-ethyl adjacent to an activating group) is 1. The Morgan fingerprint density at radius 2 is 1.65 bits per heavy atom. The third-order valence-corrected chi connectivity index (χ3v) is 8.39. The molecular formula is C28H29BrF3N3O4S. The van der Waals surface area contributed by atoms with Crippen LogP contribution in [0.15, 0.2) is 82.2 Å². The van der Waals surface area contributed by atoms with Gasteiger partial charge < -0.3 is 10.2 Å². The minimum Gasteiger partial charge on any atom is -0.355 e. The maximum Gasteiger partial charge on any atom is 0.416 e. The van der Waals surface area contributed by atoms with E-state index in [4.69, 9.17) is 0 Å². The van der Waals surface area contributed by atoms with Gasteiger partial charge >= 0.3 is 6.18 Å². The van der Waals surface area contributed by atoms with E-state index in [-0.39, 0.29) is 17.1 Å². The number of halogens is 4. The van der Waals surface area contributed by atoms with Crippen LogP contribution in [0.5, 0.6) is 0 Å². The van der Waals surface area contributed by atoms with Crippen molar-refractivity contribution in [3.05, 3.63) is 94.0 Å². The molecule has 1 atom stereocenters. The summed E-state index contributed by atoms with van der Waals surface area (Å²) in [7, 11) is -4.49. The highest BCUT2D eigenvalue weighted by Crippen LogP contribution is 2.33. The largest absolute Gasteiger partial charge is 0.416 e. The predicted octanol–water partition coefficient (Wildman–Crippen LogP) is 5.53. The zero-order valence-electron chi connectivity index (χ0n) is 22.1. The fourth-order valence-electron chi connectivity index (χ4n) is 3.94. The Balaban J connectivity index is 2.09. The molecule has 0 saturated heterocycles. The number of hydrogen-bond acceptors (Lipinski definition) is 4. The first-order chi connectivity index (χ1) is 18.7. The summed E-state index contributed by atoms with van der Waals surface area (Å²) in [5.74, 6) is -1.23. The Hall–Kier alpha value is -3.38. The molecule has 214 valence electrons. The lowest BCUT2D eigenvalue weighted by Gasteiger charge is -2.32. The number of anilines is 1. The summed E-state index contributed by atoms with van der Waals surface area (Å²) >= 11 is 3.37. The molecule has 0 heterocycles. The smallest absolute Gasteiger partial charge is 0.355 e. The standard InChI is InChI=1S/C28H29BrF3N3O4S/c1-4-33-27(37)20(3)34(17-21-7-5-9-23(29)15-21)26(36)18-35(24-10-6-8-22(16-24)28(30,31)32)40(38,39)25-13-11-19(2)12-14-25/h5-16,20H,4,17-18H2,1-3H3,(H,33,37). The Bertz CT molecular complexity index is 1460. The second-order valence-corrected chi connectivity index (χ2v) is 11.9. The molecule has 0 radical (unpaired) electrons. The van der Waals surface area contributed by atoms with Crippen molar-refractivity contribution in [3.8, 4) is 0 Å². The summed E-state index contributed by atoms with van der Waals surface area (Å²) in [6.07, 6.45) is -4.74. The minimum atomic E-state index is -4.74. The normalized spacial score (nSPS) is 12.5. The third-order valence-electron chi connectivity index (χ3n) is 6.11. The van der Waals surface area contributed by atoms with E-state index in [0.29, 0.717) is 22.5 Å². The number of hydrogen-bond donors (Lipinski definition) is 1. The summed E-state index contributed by atoms with van der Waals surface area (Å²) in [5.41, 5.74) is 0.0301. The van der Waals surface area contributed by atoms with Crippen molar-refractivity contribution in [3.63, 3.8) is 0 Å². The zero-order chi connectivity index (χ0) is 29.7. The first kappa shape index (κ1) is 31.2. The van der Waals surface area contributed by atoms with Crippen LogP contribution < -0.4 is 9.62 Å². The number of nitrogens with one attached hydrogen (secondary N) is 1. The lowest BCUT2D eigenvalue weighted by Crippen LogP contribution is -2.51. The molecule has 1 unspecified atom stereocenters. The molecule has 40 heavy (non-hydrogen) atoms. The van der Waals surface area contributed by atoms with Gasteiger partial charge in [-0.25, -0.2) is 8.42 Å². The number of sulfonamides is 1. The lowest BCUT2D eigenvalue weighted by atomic mass is 10.1. The highest BCUT2D eigenvalue weighted by molar-refractivity contribution is 9.10. The van der Waals surface area contributed by atoms with Crippen molar-refractivity contribution in [1.29, 1.82) is 0 Å². The number of benzene rings is 3. The van der Waals surface area contributed by atoms with E-state index < -0.39 is 46.2 Å². The van der Waals surface area contributed by atoms with Gasteiger partial charge in [-0.15, -0.1) is 0 Å². The van der Waals surface area contributed by atoms with E-state index >= 15 is 0 Å². The summed E-state index contributed by atoms with van der Waals surface area (Å²) in [5, 5.41) is 2.65. The quantitative estimate of drug-likeness (QED) is 0.316. The van der Waals surface area contributed by atoms with Crippen LogP contribution in [0.2, 0.25) is 0 Å². The van der Waals surface area contributed by atoms with Crippen molar-refractivity contribution >= 4 is 43.5 Å². The highest BCUT2D eigenvalue weighted by Gasteiger charge is 2.35. The number of rotatable bonds is 10. The third kappa shape index (κ3) is 7.63. The molecule has 1 N–H and O–H groups in total. The van der Waals surface area contributed by atoms with Gasteiger partial charge in [0.25, 0.3) is 10.0 Å². The fraction of sp³-hybridized carbons (Fsp3) is 0.286. The van der Waals surface area contributed by atoms with Crippen molar-refractivity contribution in [2.45, 2.75) is 44.4 Å². The topological polar surface area (TPSA) is 86.8 Å². The second kappa shape index (κ2) is 12.9. The average molecular weight is 641 g/mol. The van der Waals surface area contributed by atoms with Gasteiger partial charge in [0.1, 0.15) is 12.6 Å². The van der Waals surface area contributed by atoms with Crippen LogP contribution in [0, 0.1) is 6.92 Å². The van der Waals surface area contributed by atoms with E-state index in [1.54, 1.807) is 50.2 Å². The Labute approximate surface area is 240 Å². The summed E-state index contributed by atoms with van der Waals surface area (Å²) in [4.78, 5) is 27.5. The Morgan fingerprint density at radius 3 is 2.25 bits per heavy atom. The summed E-state index contributed by atoms with van der Waals surface area (Å²) < 4.78 is 69.5. The van der Waals surface area contributed by atoms with Gasteiger partial charge in [0, 0.05) is 17.6 Å². The zero-order valence-corrected chi connectivity index (χ0v) is 24.5. The second-order valence-electron chi connectivity index (χ2n) is 9.09. The lowest BCUT2D eigenvalue weighted by molar-refractivity contribution is -0.139. The van der Waals surface area contributed by atoms with Gasteiger partial charge in [-0.1, -0.05) is 51.8 Å². The molecule has 7 nitrogen and oxygen atoms in total. The Morgan fingerprint density at radius 1 is 1.00 bits per heavy atom. The first-order valence-corrected chi connectivity index (χ1v) is 14.6. The van der Waals surface area contributed by atoms with E-state index in [1.165, 1.54) is 30.0 Å². The van der Waals surface area contributed by atoms with Crippen LogP contribution in [-0.2, 0) is 32.3 Å². The molecular weight excluding hydrogens is 611 g/mol. The summed E-state index contributed by atoms with van der Waals surface area (Å²) in [6.45, 7) is 4.40. The first-order valence-electron chi connectivity index (χ1n) is 12.3. The van der Waals surface area contributed by atoms with Crippen LogP contribution in [0.1, 0.15) is 30.5 Å². The number of nitrogens with zero attached hydrogens (tertiary/aromatic N) is 2. The molecule has 0 fully saturated rings. The monoisotopic (exact) mass is 639 g/mol. The van der Waals surface area contributed by atoms with Crippen LogP contribution in [-0.4, -0.2) is 44.3 Å². The fourth-order valence-corrected chi connectivity index (χ4v) is 5.79. The van der Waals surface area contributed by atoms with Gasteiger partial charge in [-0.3, -0.25) is 13.9 Å². The number of amides is 2. The average Bonchev–Trinajstić information content (AvgIpc) is 2.89.